The lowest BCUT2D eigenvalue weighted by molar-refractivity contribution is 0.102. The van der Waals surface area contributed by atoms with E-state index in [1.165, 1.54) is 12.1 Å². The highest BCUT2D eigenvalue weighted by Crippen LogP contribution is 2.14. The second kappa shape index (κ2) is 6.11. The van der Waals surface area contributed by atoms with E-state index in [9.17, 15) is 9.18 Å². The number of anilines is 1. The maximum atomic E-state index is 13.4. The summed E-state index contributed by atoms with van der Waals surface area (Å²) in [5.41, 5.74) is 7.20. The molecule has 3 nitrogen and oxygen atoms in total. The number of halogens is 1. The molecule has 0 atom stereocenters. The Morgan fingerprint density at radius 1 is 1.11 bits per heavy atom. The first-order valence-electron chi connectivity index (χ1n) is 6.05. The number of amides is 1. The second-order valence-corrected chi connectivity index (χ2v) is 4.17. The molecule has 2 rings (SSSR count). The van der Waals surface area contributed by atoms with Crippen LogP contribution in [0, 0.1) is 5.82 Å². The minimum atomic E-state index is -0.449. The van der Waals surface area contributed by atoms with Gasteiger partial charge >= 0.3 is 0 Å². The van der Waals surface area contributed by atoms with Crippen LogP contribution in [-0.4, -0.2) is 12.5 Å². The lowest BCUT2D eigenvalue weighted by Crippen LogP contribution is -2.13. The van der Waals surface area contributed by atoms with E-state index in [0.717, 1.165) is 12.0 Å². The summed E-state index contributed by atoms with van der Waals surface area (Å²) in [4.78, 5) is 11.9. The van der Waals surface area contributed by atoms with Gasteiger partial charge in [-0.1, -0.05) is 24.3 Å². The molecular formula is C15H15FN2O. The molecule has 0 spiro atoms. The number of hydrogen-bond donors (Lipinski definition) is 2. The van der Waals surface area contributed by atoms with Gasteiger partial charge in [0.15, 0.2) is 0 Å². The number of para-hydroxylation sites is 1. The molecule has 0 aromatic heterocycles. The van der Waals surface area contributed by atoms with Gasteiger partial charge in [0.05, 0.1) is 5.69 Å². The van der Waals surface area contributed by atoms with Crippen molar-refractivity contribution >= 4 is 11.6 Å². The minimum Gasteiger partial charge on any atom is -0.330 e. The predicted octanol–water partition coefficient (Wildman–Crippen LogP) is 2.58. The molecule has 2 aromatic rings. The highest BCUT2D eigenvalue weighted by molar-refractivity contribution is 6.04. The van der Waals surface area contributed by atoms with Gasteiger partial charge in [-0.3, -0.25) is 4.79 Å². The maximum absolute atomic E-state index is 13.4. The Labute approximate surface area is 111 Å². The molecule has 0 unspecified atom stereocenters. The topological polar surface area (TPSA) is 55.1 Å². The second-order valence-electron chi connectivity index (χ2n) is 4.17. The smallest absolute Gasteiger partial charge is 0.255 e. The molecule has 0 saturated carbocycles. The molecule has 0 bridgehead atoms. The normalized spacial score (nSPS) is 10.2. The zero-order valence-corrected chi connectivity index (χ0v) is 10.4. The van der Waals surface area contributed by atoms with Crippen LogP contribution in [0.4, 0.5) is 10.1 Å². The first kappa shape index (κ1) is 13.2. The van der Waals surface area contributed by atoms with Crippen molar-refractivity contribution in [2.24, 2.45) is 5.73 Å². The summed E-state index contributed by atoms with van der Waals surface area (Å²) in [5.74, 6) is -0.778. The highest BCUT2D eigenvalue weighted by Gasteiger charge is 2.08. The lowest BCUT2D eigenvalue weighted by Gasteiger charge is -2.06. The van der Waals surface area contributed by atoms with Crippen LogP contribution in [0.3, 0.4) is 0 Å². The van der Waals surface area contributed by atoms with Gasteiger partial charge < -0.3 is 11.1 Å². The summed E-state index contributed by atoms with van der Waals surface area (Å²) in [6.45, 7) is 0.570. The van der Waals surface area contributed by atoms with Crippen molar-refractivity contribution in [1.29, 1.82) is 0 Å². The van der Waals surface area contributed by atoms with Crippen molar-refractivity contribution in [2.75, 3.05) is 11.9 Å². The zero-order chi connectivity index (χ0) is 13.7. The number of nitrogens with one attached hydrogen (secondary N) is 1. The van der Waals surface area contributed by atoms with Crippen molar-refractivity contribution in [1.82, 2.24) is 0 Å². The van der Waals surface area contributed by atoms with E-state index in [-0.39, 0.29) is 11.6 Å². The third kappa shape index (κ3) is 3.39. The average molecular weight is 258 g/mol. The Morgan fingerprint density at radius 3 is 2.42 bits per heavy atom. The van der Waals surface area contributed by atoms with Gasteiger partial charge in [0.25, 0.3) is 5.91 Å². The quantitative estimate of drug-likeness (QED) is 0.885. The first-order valence-corrected chi connectivity index (χ1v) is 6.05. The Balaban J connectivity index is 2.10. The Bertz CT molecular complexity index is 567. The van der Waals surface area contributed by atoms with Gasteiger partial charge in [-0.05, 0) is 42.8 Å². The van der Waals surface area contributed by atoms with Crippen LogP contribution in [0.1, 0.15) is 15.9 Å². The molecule has 3 N–H and O–H groups in total. The van der Waals surface area contributed by atoms with Crippen molar-refractivity contribution in [3.63, 3.8) is 0 Å². The number of nitrogens with two attached hydrogens (primary N) is 1. The van der Waals surface area contributed by atoms with E-state index >= 15 is 0 Å². The largest absolute Gasteiger partial charge is 0.330 e. The third-order valence-corrected chi connectivity index (χ3v) is 2.77. The van der Waals surface area contributed by atoms with Crippen LogP contribution in [-0.2, 0) is 6.42 Å². The molecule has 0 aliphatic rings. The monoisotopic (exact) mass is 258 g/mol. The number of carbonyl (C=O) groups excluding carboxylic acids is 1. The van der Waals surface area contributed by atoms with E-state index in [4.69, 9.17) is 5.73 Å². The molecular weight excluding hydrogens is 243 g/mol. The van der Waals surface area contributed by atoms with Crippen LogP contribution >= 0.6 is 0 Å². The number of rotatable bonds is 4. The summed E-state index contributed by atoms with van der Waals surface area (Å²) in [7, 11) is 0. The molecule has 19 heavy (non-hydrogen) atoms. The Morgan fingerprint density at radius 2 is 1.79 bits per heavy atom. The third-order valence-electron chi connectivity index (χ3n) is 2.77. The lowest BCUT2D eigenvalue weighted by atomic mass is 10.1. The molecule has 98 valence electrons. The first-order chi connectivity index (χ1) is 9.20. The van der Waals surface area contributed by atoms with Gasteiger partial charge in [-0.2, -0.15) is 0 Å². The fraction of sp³-hybridized carbons (Fsp3) is 0.133. The van der Waals surface area contributed by atoms with Crippen molar-refractivity contribution < 1.29 is 9.18 Å². The zero-order valence-electron chi connectivity index (χ0n) is 10.4. The maximum Gasteiger partial charge on any atom is 0.255 e. The van der Waals surface area contributed by atoms with E-state index in [2.05, 4.69) is 5.32 Å². The van der Waals surface area contributed by atoms with Crippen LogP contribution in [0.2, 0.25) is 0 Å². The molecule has 0 aliphatic carbocycles. The average Bonchev–Trinajstić information content (AvgIpc) is 2.42. The van der Waals surface area contributed by atoms with Gasteiger partial charge in [0, 0.05) is 5.56 Å². The Kier molecular flexibility index (Phi) is 4.26. The number of carbonyl (C=O) groups is 1. The molecule has 0 aliphatic heterocycles. The molecule has 0 saturated heterocycles. The summed E-state index contributed by atoms with van der Waals surface area (Å²) in [6, 6.07) is 13.2. The van der Waals surface area contributed by atoms with Gasteiger partial charge in [-0.25, -0.2) is 4.39 Å². The predicted molar refractivity (Wildman–Crippen MR) is 73.6 cm³/mol. The van der Waals surface area contributed by atoms with Crippen LogP contribution in [0.25, 0.3) is 0 Å². The molecule has 1 amide bonds. The van der Waals surface area contributed by atoms with Gasteiger partial charge in [0.2, 0.25) is 0 Å². The number of hydrogen-bond acceptors (Lipinski definition) is 2. The van der Waals surface area contributed by atoms with Crippen molar-refractivity contribution in [3.05, 3.63) is 65.5 Å². The highest BCUT2D eigenvalue weighted by atomic mass is 19.1. The fourth-order valence-corrected chi connectivity index (χ4v) is 1.75. The summed E-state index contributed by atoms with van der Waals surface area (Å²) >= 11 is 0. The fourth-order valence-electron chi connectivity index (χ4n) is 1.75. The summed E-state index contributed by atoms with van der Waals surface area (Å²) in [5, 5.41) is 2.54. The number of benzene rings is 2. The van der Waals surface area contributed by atoms with Crippen molar-refractivity contribution in [3.8, 4) is 0 Å². The standard InChI is InChI=1S/C15H15FN2O/c16-13-3-1-2-4-14(13)18-15(19)12-7-5-11(6-8-12)9-10-17/h1-8H,9-10,17H2,(H,18,19). The summed E-state index contributed by atoms with van der Waals surface area (Å²) < 4.78 is 13.4. The van der Waals surface area contributed by atoms with E-state index < -0.39 is 5.82 Å². The van der Waals surface area contributed by atoms with E-state index in [1.807, 2.05) is 12.1 Å². The minimum absolute atomic E-state index is 0.179. The molecule has 0 fully saturated rings. The molecule has 2 aromatic carbocycles. The molecule has 0 heterocycles. The van der Waals surface area contributed by atoms with Crippen LogP contribution < -0.4 is 11.1 Å². The van der Waals surface area contributed by atoms with E-state index in [1.54, 1.807) is 24.3 Å². The summed E-state index contributed by atoms with van der Waals surface area (Å²) in [6.07, 6.45) is 0.773. The van der Waals surface area contributed by atoms with Gasteiger partial charge in [0.1, 0.15) is 5.82 Å². The van der Waals surface area contributed by atoms with Gasteiger partial charge in [-0.15, -0.1) is 0 Å². The molecule has 0 radical (unpaired) electrons. The SMILES string of the molecule is NCCc1ccc(C(=O)Nc2ccccc2F)cc1. The Hall–Kier alpha value is -2.20. The van der Waals surface area contributed by atoms with E-state index in [0.29, 0.717) is 12.1 Å². The molecule has 4 heteroatoms. The van der Waals surface area contributed by atoms with Crippen LogP contribution in [0.5, 0.6) is 0 Å². The van der Waals surface area contributed by atoms with Crippen molar-refractivity contribution in [2.45, 2.75) is 6.42 Å². The van der Waals surface area contributed by atoms with Crippen LogP contribution in [0.15, 0.2) is 48.5 Å².